The number of hydrogen-bond acceptors (Lipinski definition) is 1. The minimum atomic E-state index is -0.440. The number of para-hydroxylation sites is 1. The summed E-state index contributed by atoms with van der Waals surface area (Å²) in [6, 6.07) is 44.2. The Kier molecular flexibility index (Phi) is 4.32. The van der Waals surface area contributed by atoms with Gasteiger partial charge in [0.05, 0.1) is 16.4 Å². The van der Waals surface area contributed by atoms with E-state index in [0.29, 0.717) is 0 Å². The monoisotopic (exact) mass is 563 g/mol. The van der Waals surface area contributed by atoms with Gasteiger partial charge in [0.15, 0.2) is 0 Å². The van der Waals surface area contributed by atoms with E-state index >= 15 is 0 Å². The van der Waals surface area contributed by atoms with Gasteiger partial charge in [-0.05, 0) is 67.4 Å². The largest absolute Gasteiger partial charge is 0.274 e. The first kappa shape index (κ1) is 24.3. The summed E-state index contributed by atoms with van der Waals surface area (Å²) < 4.78 is 2.04. The fourth-order valence-corrected chi connectivity index (χ4v) is 8.69. The smallest absolute Gasteiger partial charge is 0.263 e. The van der Waals surface area contributed by atoms with Gasteiger partial charge in [0, 0.05) is 27.1 Å². The minimum Gasteiger partial charge on any atom is -0.274 e. The predicted octanol–water partition coefficient (Wildman–Crippen LogP) is 9.84. The number of rotatable bonds is 0. The Labute approximate surface area is 255 Å². The summed E-state index contributed by atoms with van der Waals surface area (Å²) in [5, 5.41) is 5.20. The third kappa shape index (κ3) is 2.63. The van der Waals surface area contributed by atoms with Crippen LogP contribution in [0.5, 0.6) is 0 Å². The van der Waals surface area contributed by atoms with Gasteiger partial charge in [-0.2, -0.15) is 0 Å². The number of hydrogen-bond donors (Lipinski definition) is 0. The highest BCUT2D eigenvalue weighted by Crippen LogP contribution is 2.63. The molecule has 0 bridgehead atoms. The van der Waals surface area contributed by atoms with Crippen LogP contribution in [0.15, 0.2) is 126 Å². The van der Waals surface area contributed by atoms with Crippen molar-refractivity contribution in [2.75, 3.05) is 0 Å². The van der Waals surface area contributed by atoms with E-state index in [-0.39, 0.29) is 11.0 Å². The molecule has 2 nitrogen and oxygen atoms in total. The van der Waals surface area contributed by atoms with Gasteiger partial charge in [0.25, 0.3) is 5.56 Å². The molecule has 0 radical (unpaired) electrons. The summed E-state index contributed by atoms with van der Waals surface area (Å²) in [7, 11) is 0. The van der Waals surface area contributed by atoms with Crippen LogP contribution in [0.25, 0.3) is 60.2 Å². The van der Waals surface area contributed by atoms with Crippen LogP contribution in [0.3, 0.4) is 0 Å². The van der Waals surface area contributed by atoms with Crippen LogP contribution < -0.4 is 5.56 Å². The molecule has 2 aliphatic rings. The van der Waals surface area contributed by atoms with Gasteiger partial charge in [0.1, 0.15) is 0 Å². The van der Waals surface area contributed by atoms with E-state index in [4.69, 9.17) is 0 Å². The molecule has 0 aliphatic heterocycles. The molecule has 8 aromatic rings. The molecule has 10 rings (SSSR count). The Bertz CT molecular complexity index is 2570. The summed E-state index contributed by atoms with van der Waals surface area (Å²) in [5.74, 6) is 0. The molecule has 0 fully saturated rings. The molecule has 0 atom stereocenters. The van der Waals surface area contributed by atoms with Crippen LogP contribution in [0.1, 0.15) is 48.6 Å². The molecule has 0 amide bonds. The molecule has 2 heteroatoms. The van der Waals surface area contributed by atoms with Gasteiger partial charge in [-0.3, -0.25) is 9.20 Å². The SMILES string of the molecule is CC(C)(C)c1ccc2c(=O)n3c4c5c(ccc4c4cccc(c2c1)c43)C1(c2ccccc2-c2ccccc21)c1ccccc1-5. The second-order valence-electron chi connectivity index (χ2n) is 13.6. The molecule has 2 aromatic heterocycles. The highest BCUT2D eigenvalue weighted by Gasteiger charge is 2.52. The van der Waals surface area contributed by atoms with E-state index in [2.05, 4.69) is 136 Å². The number of benzene rings is 6. The van der Waals surface area contributed by atoms with Crippen LogP contribution in [0.2, 0.25) is 0 Å². The molecule has 1 spiro atoms. The van der Waals surface area contributed by atoms with Crippen LogP contribution in [-0.2, 0) is 10.8 Å². The van der Waals surface area contributed by atoms with Crippen molar-refractivity contribution in [3.63, 3.8) is 0 Å². The van der Waals surface area contributed by atoms with E-state index in [9.17, 15) is 4.79 Å². The third-order valence-electron chi connectivity index (χ3n) is 10.5. The van der Waals surface area contributed by atoms with Gasteiger partial charge < -0.3 is 0 Å². The van der Waals surface area contributed by atoms with Crippen LogP contribution in [0, 0.1) is 0 Å². The molecule has 0 unspecified atom stereocenters. The highest BCUT2D eigenvalue weighted by atomic mass is 16.1. The summed E-state index contributed by atoms with van der Waals surface area (Å²) in [6.45, 7) is 6.69. The second kappa shape index (κ2) is 7.84. The number of nitrogens with zero attached hydrogens (tertiary/aromatic N) is 1. The van der Waals surface area contributed by atoms with Gasteiger partial charge in [-0.25, -0.2) is 0 Å². The Balaban J connectivity index is 1.44. The average molecular weight is 564 g/mol. The molecule has 208 valence electrons. The van der Waals surface area contributed by atoms with Crippen LogP contribution in [-0.4, -0.2) is 4.40 Å². The lowest BCUT2D eigenvalue weighted by molar-refractivity contribution is 0.591. The van der Waals surface area contributed by atoms with E-state index in [1.165, 1.54) is 50.1 Å². The average Bonchev–Trinajstić information content (AvgIpc) is 3.65. The highest BCUT2D eigenvalue weighted by molar-refractivity contribution is 6.23. The molecular formula is C42H29NO. The lowest BCUT2D eigenvalue weighted by Crippen LogP contribution is -2.25. The van der Waals surface area contributed by atoms with Crippen molar-refractivity contribution in [3.05, 3.63) is 159 Å². The zero-order chi connectivity index (χ0) is 29.5. The minimum absolute atomic E-state index is 0.0111. The van der Waals surface area contributed by atoms with Gasteiger partial charge >= 0.3 is 0 Å². The molecule has 0 N–H and O–H groups in total. The lowest BCUT2D eigenvalue weighted by Gasteiger charge is -2.30. The van der Waals surface area contributed by atoms with Crippen LogP contribution in [0.4, 0.5) is 0 Å². The quantitative estimate of drug-likeness (QED) is 0.168. The first-order chi connectivity index (χ1) is 21.4. The van der Waals surface area contributed by atoms with Crippen molar-refractivity contribution in [1.82, 2.24) is 4.40 Å². The van der Waals surface area contributed by atoms with Gasteiger partial charge in [0.2, 0.25) is 0 Å². The first-order valence-corrected chi connectivity index (χ1v) is 15.5. The summed E-state index contributed by atoms with van der Waals surface area (Å²) in [4.78, 5) is 14.7. The Hall–Kier alpha value is -5.21. The number of fused-ring (bicyclic) bond motifs is 16. The Morgan fingerprint density at radius 2 is 1.05 bits per heavy atom. The van der Waals surface area contributed by atoms with Crippen LogP contribution >= 0.6 is 0 Å². The summed E-state index contributed by atoms with van der Waals surface area (Å²) in [6.07, 6.45) is 0. The maximum Gasteiger partial charge on any atom is 0.263 e. The fraction of sp³-hybridized carbons (Fsp3) is 0.119. The molecule has 2 aliphatic carbocycles. The molecule has 44 heavy (non-hydrogen) atoms. The lowest BCUT2D eigenvalue weighted by atomic mass is 9.70. The predicted molar refractivity (Wildman–Crippen MR) is 182 cm³/mol. The van der Waals surface area contributed by atoms with Crippen molar-refractivity contribution >= 4 is 38.0 Å². The van der Waals surface area contributed by atoms with Crippen molar-refractivity contribution in [1.29, 1.82) is 0 Å². The van der Waals surface area contributed by atoms with Gasteiger partial charge in [-0.1, -0.05) is 130 Å². The van der Waals surface area contributed by atoms with Crippen molar-refractivity contribution in [3.8, 4) is 22.3 Å². The van der Waals surface area contributed by atoms with Crippen molar-refractivity contribution < 1.29 is 0 Å². The standard InChI is InChI=1S/C42H29NO/c1-41(2,3)24-19-20-30-32(23-24)28-15-10-14-27-29-21-22-36-37(39(29)43(38(27)28)40(30)44)31-13-6-9-18-35(31)42(36)33-16-7-4-11-25(33)26-12-5-8-17-34(26)42/h4-23H,1-3H3. The van der Waals surface area contributed by atoms with Crippen molar-refractivity contribution in [2.45, 2.75) is 31.6 Å². The maximum atomic E-state index is 14.7. The second-order valence-corrected chi connectivity index (χ2v) is 13.6. The molecular weight excluding hydrogens is 534 g/mol. The maximum absolute atomic E-state index is 14.7. The Morgan fingerprint density at radius 1 is 0.500 bits per heavy atom. The molecule has 6 aromatic carbocycles. The molecule has 0 saturated heterocycles. The third-order valence-corrected chi connectivity index (χ3v) is 10.5. The van der Waals surface area contributed by atoms with E-state index in [0.717, 1.165) is 38.0 Å². The Morgan fingerprint density at radius 3 is 1.70 bits per heavy atom. The summed E-state index contributed by atoms with van der Waals surface area (Å²) in [5.41, 5.74) is 13.0. The summed E-state index contributed by atoms with van der Waals surface area (Å²) >= 11 is 0. The van der Waals surface area contributed by atoms with Gasteiger partial charge in [-0.15, -0.1) is 0 Å². The number of pyridine rings is 1. The fourth-order valence-electron chi connectivity index (χ4n) is 8.69. The zero-order valence-electron chi connectivity index (χ0n) is 24.9. The topological polar surface area (TPSA) is 21.5 Å². The normalized spacial score (nSPS) is 14.5. The molecule has 2 heterocycles. The number of aromatic nitrogens is 1. The molecule has 0 saturated carbocycles. The zero-order valence-corrected chi connectivity index (χ0v) is 24.9. The van der Waals surface area contributed by atoms with E-state index in [1.54, 1.807) is 0 Å². The van der Waals surface area contributed by atoms with E-state index in [1.807, 2.05) is 10.5 Å². The van der Waals surface area contributed by atoms with E-state index < -0.39 is 5.41 Å². The van der Waals surface area contributed by atoms with Crippen molar-refractivity contribution in [2.24, 2.45) is 0 Å². The first-order valence-electron chi connectivity index (χ1n) is 15.5.